The number of rotatable bonds is 3. The van der Waals surface area contributed by atoms with Crippen molar-refractivity contribution >= 4 is 28.9 Å². The molecule has 0 spiro atoms. The van der Waals surface area contributed by atoms with Gasteiger partial charge in [-0.1, -0.05) is 23.2 Å². The van der Waals surface area contributed by atoms with Crippen LogP contribution in [-0.2, 0) is 0 Å². The molecule has 0 aromatic heterocycles. The normalized spacial score (nSPS) is 23.7. The van der Waals surface area contributed by atoms with Gasteiger partial charge >= 0.3 is 0 Å². The first-order valence-corrected chi connectivity index (χ1v) is 7.54. The van der Waals surface area contributed by atoms with Gasteiger partial charge in [-0.2, -0.15) is 0 Å². The van der Waals surface area contributed by atoms with Gasteiger partial charge in [-0.05, 0) is 37.8 Å². The van der Waals surface area contributed by atoms with E-state index in [2.05, 4.69) is 10.2 Å². The second kappa shape index (κ2) is 5.47. The lowest BCUT2D eigenvalue weighted by molar-refractivity contribution is 0.420. The van der Waals surface area contributed by atoms with Gasteiger partial charge in [-0.3, -0.25) is 0 Å². The number of halogens is 3. The van der Waals surface area contributed by atoms with Crippen molar-refractivity contribution in [1.82, 2.24) is 5.32 Å². The average Bonchev–Trinajstić information content (AvgIpc) is 3.19. The molecule has 1 saturated heterocycles. The third-order valence-corrected chi connectivity index (χ3v) is 4.35. The molecular formula is C14H17Cl2FN2. The molecule has 3 rings (SSSR count). The molecule has 5 heteroatoms. The quantitative estimate of drug-likeness (QED) is 0.853. The van der Waals surface area contributed by atoms with Gasteiger partial charge in [0.15, 0.2) is 5.82 Å². The van der Waals surface area contributed by atoms with Crippen LogP contribution in [0.15, 0.2) is 12.1 Å². The molecular weight excluding hydrogens is 286 g/mol. The van der Waals surface area contributed by atoms with Gasteiger partial charge in [0.1, 0.15) is 0 Å². The van der Waals surface area contributed by atoms with Crippen LogP contribution in [0.4, 0.5) is 10.1 Å². The van der Waals surface area contributed by atoms with E-state index >= 15 is 0 Å². The Labute approximate surface area is 122 Å². The first kappa shape index (κ1) is 13.5. The van der Waals surface area contributed by atoms with E-state index < -0.39 is 5.82 Å². The molecule has 104 valence electrons. The molecule has 1 aliphatic carbocycles. The summed E-state index contributed by atoms with van der Waals surface area (Å²) < 4.78 is 13.4. The number of piperidine rings is 1. The lowest BCUT2D eigenvalue weighted by Gasteiger charge is -2.35. The van der Waals surface area contributed by atoms with Crippen LogP contribution in [0.25, 0.3) is 0 Å². The first-order valence-electron chi connectivity index (χ1n) is 6.79. The fourth-order valence-corrected chi connectivity index (χ4v) is 3.13. The van der Waals surface area contributed by atoms with Gasteiger partial charge in [-0.25, -0.2) is 4.39 Å². The van der Waals surface area contributed by atoms with E-state index in [1.807, 2.05) is 0 Å². The molecule has 0 amide bonds. The van der Waals surface area contributed by atoms with E-state index in [1.54, 1.807) is 12.1 Å². The van der Waals surface area contributed by atoms with E-state index in [1.165, 1.54) is 19.3 Å². The highest BCUT2D eigenvalue weighted by molar-refractivity contribution is 6.35. The smallest absolute Gasteiger partial charge is 0.160 e. The van der Waals surface area contributed by atoms with Crippen LogP contribution >= 0.6 is 23.2 Å². The van der Waals surface area contributed by atoms with Crippen LogP contribution in [0.1, 0.15) is 25.7 Å². The topological polar surface area (TPSA) is 15.3 Å². The number of anilines is 1. The van der Waals surface area contributed by atoms with Crippen molar-refractivity contribution in [3.8, 4) is 0 Å². The van der Waals surface area contributed by atoms with Crippen molar-refractivity contribution in [3.05, 3.63) is 28.0 Å². The summed E-state index contributed by atoms with van der Waals surface area (Å²) >= 11 is 11.7. The Hall–Kier alpha value is -0.510. The van der Waals surface area contributed by atoms with Gasteiger partial charge in [0.05, 0.1) is 10.0 Å². The van der Waals surface area contributed by atoms with E-state index in [9.17, 15) is 4.39 Å². The van der Waals surface area contributed by atoms with Crippen LogP contribution in [0.5, 0.6) is 0 Å². The highest BCUT2D eigenvalue weighted by Gasteiger charge is 2.28. The van der Waals surface area contributed by atoms with Crippen molar-refractivity contribution in [1.29, 1.82) is 0 Å². The Bertz CT molecular complexity index is 454. The van der Waals surface area contributed by atoms with Crippen molar-refractivity contribution < 1.29 is 4.39 Å². The van der Waals surface area contributed by atoms with Crippen molar-refractivity contribution in [2.24, 2.45) is 0 Å². The third-order valence-electron chi connectivity index (χ3n) is 3.80. The predicted octanol–water partition coefficient (Wildman–Crippen LogP) is 3.85. The van der Waals surface area contributed by atoms with Crippen molar-refractivity contribution in [2.45, 2.75) is 37.8 Å². The minimum Gasteiger partial charge on any atom is -0.370 e. The first-order chi connectivity index (χ1) is 9.13. The fourth-order valence-electron chi connectivity index (χ4n) is 2.66. The number of nitrogens with zero attached hydrogens (tertiary/aromatic N) is 1. The Kier molecular flexibility index (Phi) is 3.88. The second-order valence-electron chi connectivity index (χ2n) is 5.45. The van der Waals surface area contributed by atoms with Gasteiger partial charge < -0.3 is 10.2 Å². The molecule has 1 atom stereocenters. The van der Waals surface area contributed by atoms with E-state index in [0.717, 1.165) is 25.2 Å². The van der Waals surface area contributed by atoms with Gasteiger partial charge in [0.25, 0.3) is 0 Å². The van der Waals surface area contributed by atoms with Crippen LogP contribution in [-0.4, -0.2) is 25.2 Å². The zero-order valence-corrected chi connectivity index (χ0v) is 12.1. The maximum atomic E-state index is 13.4. The van der Waals surface area contributed by atoms with Crippen molar-refractivity contribution in [3.63, 3.8) is 0 Å². The summed E-state index contributed by atoms with van der Waals surface area (Å²) in [5, 5.41) is 3.85. The number of hydrogen-bond donors (Lipinski definition) is 1. The van der Waals surface area contributed by atoms with Crippen LogP contribution in [0, 0.1) is 5.82 Å². The Morgan fingerprint density at radius 1 is 1.11 bits per heavy atom. The highest BCUT2D eigenvalue weighted by Crippen LogP contribution is 2.31. The lowest BCUT2D eigenvalue weighted by atomic mass is 10.0. The zero-order valence-electron chi connectivity index (χ0n) is 10.6. The summed E-state index contributed by atoms with van der Waals surface area (Å²) in [6, 6.07) is 4.57. The number of hydrogen-bond acceptors (Lipinski definition) is 2. The molecule has 2 nitrogen and oxygen atoms in total. The SMILES string of the molecule is Fc1c(Cl)cc(N2CCCC(NC3CC3)C2)cc1Cl. The van der Waals surface area contributed by atoms with Crippen LogP contribution in [0.3, 0.4) is 0 Å². The van der Waals surface area contributed by atoms with E-state index in [4.69, 9.17) is 23.2 Å². The molecule has 1 aliphatic heterocycles. The molecule has 1 aromatic carbocycles. The molecule has 19 heavy (non-hydrogen) atoms. The number of nitrogens with one attached hydrogen (secondary N) is 1. The molecule has 0 bridgehead atoms. The predicted molar refractivity (Wildman–Crippen MR) is 77.8 cm³/mol. The second-order valence-corrected chi connectivity index (χ2v) is 6.26. The zero-order chi connectivity index (χ0) is 13.4. The summed E-state index contributed by atoms with van der Waals surface area (Å²) in [7, 11) is 0. The Morgan fingerprint density at radius 3 is 2.42 bits per heavy atom. The molecule has 0 radical (unpaired) electrons. The van der Waals surface area contributed by atoms with Gasteiger partial charge in [-0.15, -0.1) is 0 Å². The Balaban J connectivity index is 1.73. The van der Waals surface area contributed by atoms with Gasteiger partial charge in [0.2, 0.25) is 0 Å². The molecule has 1 aromatic rings. The largest absolute Gasteiger partial charge is 0.370 e. The summed E-state index contributed by atoms with van der Waals surface area (Å²) in [5.74, 6) is -0.531. The molecule has 2 fully saturated rings. The maximum Gasteiger partial charge on any atom is 0.160 e. The highest BCUT2D eigenvalue weighted by atomic mass is 35.5. The minimum atomic E-state index is -0.531. The maximum absolute atomic E-state index is 13.4. The van der Waals surface area contributed by atoms with Gasteiger partial charge in [0, 0.05) is 30.9 Å². The lowest BCUT2D eigenvalue weighted by Crippen LogP contribution is -2.46. The minimum absolute atomic E-state index is 0.0970. The molecule has 1 saturated carbocycles. The third kappa shape index (κ3) is 3.15. The summed E-state index contributed by atoms with van der Waals surface area (Å²) in [4.78, 5) is 2.24. The number of benzene rings is 1. The Morgan fingerprint density at radius 2 is 1.79 bits per heavy atom. The van der Waals surface area contributed by atoms with E-state index in [-0.39, 0.29) is 10.0 Å². The molecule has 1 unspecified atom stereocenters. The summed E-state index contributed by atoms with van der Waals surface area (Å²) in [6.07, 6.45) is 4.93. The summed E-state index contributed by atoms with van der Waals surface area (Å²) in [6.45, 7) is 1.91. The monoisotopic (exact) mass is 302 g/mol. The molecule has 1 heterocycles. The molecule has 2 aliphatic rings. The molecule has 1 N–H and O–H groups in total. The van der Waals surface area contributed by atoms with E-state index in [0.29, 0.717) is 12.1 Å². The van der Waals surface area contributed by atoms with Crippen LogP contribution in [0.2, 0.25) is 10.0 Å². The van der Waals surface area contributed by atoms with Crippen LogP contribution < -0.4 is 10.2 Å². The standard InChI is InChI=1S/C14H17Cl2FN2/c15-12-6-11(7-13(16)14(12)17)19-5-1-2-10(8-19)18-9-3-4-9/h6-7,9-10,18H,1-5,8H2. The fraction of sp³-hybridized carbons (Fsp3) is 0.571. The summed E-state index contributed by atoms with van der Waals surface area (Å²) in [5.41, 5.74) is 0.915. The van der Waals surface area contributed by atoms with Crippen molar-refractivity contribution in [2.75, 3.05) is 18.0 Å². The average molecular weight is 303 g/mol.